The Morgan fingerprint density at radius 1 is 1.25 bits per heavy atom. The van der Waals surface area contributed by atoms with Gasteiger partial charge in [-0.2, -0.15) is 0 Å². The number of rotatable bonds is 3. The predicted octanol–water partition coefficient (Wildman–Crippen LogP) is 4.75. The molecule has 1 fully saturated rings. The molecule has 1 aliphatic rings. The van der Waals surface area contributed by atoms with E-state index >= 15 is 0 Å². The molecule has 2 aromatic rings. The zero-order valence-electron chi connectivity index (χ0n) is 13.4. The van der Waals surface area contributed by atoms with Crippen molar-refractivity contribution in [3.8, 4) is 0 Å². The fourth-order valence-electron chi connectivity index (χ4n) is 2.35. The first-order valence-corrected chi connectivity index (χ1v) is 8.76. The summed E-state index contributed by atoms with van der Waals surface area (Å²) in [6.07, 6.45) is 1.69. The van der Waals surface area contributed by atoms with Gasteiger partial charge < -0.3 is 0 Å². The zero-order chi connectivity index (χ0) is 17.1. The number of pyridine rings is 1. The van der Waals surface area contributed by atoms with E-state index < -0.39 is 0 Å². The maximum atomic E-state index is 12.7. The molecular formula is C18H16ClN3OS. The van der Waals surface area contributed by atoms with Gasteiger partial charge in [-0.05, 0) is 61.0 Å². The number of hydrogen-bond acceptors (Lipinski definition) is 4. The van der Waals surface area contributed by atoms with Crippen molar-refractivity contribution in [2.45, 2.75) is 13.8 Å². The highest BCUT2D eigenvalue weighted by Crippen LogP contribution is 2.37. The van der Waals surface area contributed by atoms with E-state index in [1.165, 1.54) is 11.8 Å². The summed E-state index contributed by atoms with van der Waals surface area (Å²) in [5.41, 5.74) is 1.90. The topological polar surface area (TPSA) is 45.6 Å². The van der Waals surface area contributed by atoms with Crippen molar-refractivity contribution in [2.75, 3.05) is 6.54 Å². The van der Waals surface area contributed by atoms with Crippen LogP contribution in [0.4, 0.5) is 5.82 Å². The molecule has 1 aromatic heterocycles. The molecule has 1 saturated heterocycles. The SMILES string of the molecule is CCN1C(=O)/C(=C(\C)c2ccc(Cl)cc2)S/C1=N/c1ccccn1. The minimum absolute atomic E-state index is 0.0235. The summed E-state index contributed by atoms with van der Waals surface area (Å²) in [5.74, 6) is 0.571. The molecule has 0 bridgehead atoms. The molecule has 0 unspecified atom stereocenters. The van der Waals surface area contributed by atoms with Gasteiger partial charge >= 0.3 is 0 Å². The number of hydrogen-bond donors (Lipinski definition) is 0. The Balaban J connectivity index is 1.99. The minimum atomic E-state index is -0.0235. The molecule has 1 aliphatic heterocycles. The van der Waals surface area contributed by atoms with Crippen molar-refractivity contribution in [1.82, 2.24) is 9.88 Å². The number of halogens is 1. The third kappa shape index (κ3) is 3.37. The first-order chi connectivity index (χ1) is 11.6. The molecule has 4 nitrogen and oxygen atoms in total. The van der Waals surface area contributed by atoms with Gasteiger partial charge in [-0.15, -0.1) is 0 Å². The van der Waals surface area contributed by atoms with Gasteiger partial charge in [0.25, 0.3) is 5.91 Å². The smallest absolute Gasteiger partial charge is 0.267 e. The molecule has 0 N–H and O–H groups in total. The molecule has 0 atom stereocenters. The number of thioether (sulfide) groups is 1. The summed E-state index contributed by atoms with van der Waals surface area (Å²) in [7, 11) is 0. The summed E-state index contributed by atoms with van der Waals surface area (Å²) < 4.78 is 0. The van der Waals surface area contributed by atoms with E-state index in [-0.39, 0.29) is 5.91 Å². The van der Waals surface area contributed by atoms with Crippen LogP contribution in [0.5, 0.6) is 0 Å². The number of allylic oxidation sites excluding steroid dienone is 1. The lowest BCUT2D eigenvalue weighted by Gasteiger charge is -2.12. The van der Waals surface area contributed by atoms with Crippen molar-refractivity contribution in [2.24, 2.45) is 4.99 Å². The van der Waals surface area contributed by atoms with Crippen LogP contribution in [0.2, 0.25) is 5.02 Å². The average molecular weight is 358 g/mol. The van der Waals surface area contributed by atoms with Crippen molar-refractivity contribution in [3.63, 3.8) is 0 Å². The molecule has 3 rings (SSSR count). The first-order valence-electron chi connectivity index (χ1n) is 7.56. The van der Waals surface area contributed by atoms with Crippen LogP contribution in [-0.2, 0) is 4.79 Å². The number of carbonyl (C=O) groups is 1. The first kappa shape index (κ1) is 16.7. The fraction of sp³-hybridized carbons (Fsp3) is 0.167. The van der Waals surface area contributed by atoms with Crippen LogP contribution in [0.25, 0.3) is 5.57 Å². The number of aromatic nitrogens is 1. The number of likely N-dealkylation sites (N-methyl/N-ethyl adjacent to an activating group) is 1. The molecule has 0 saturated carbocycles. The standard InChI is InChI=1S/C18H16ClN3OS/c1-3-22-17(23)16(12(2)13-7-9-14(19)10-8-13)24-18(22)21-15-6-4-5-11-20-15/h4-11H,3H2,1-2H3/b16-12-,21-18+. The Morgan fingerprint density at radius 3 is 2.62 bits per heavy atom. The minimum Gasteiger partial charge on any atom is -0.287 e. The fourth-order valence-corrected chi connectivity index (χ4v) is 3.59. The second-order valence-electron chi connectivity index (χ2n) is 5.19. The summed E-state index contributed by atoms with van der Waals surface area (Å²) in [4.78, 5) is 23.8. The van der Waals surface area contributed by atoms with E-state index in [2.05, 4.69) is 9.98 Å². The van der Waals surface area contributed by atoms with Gasteiger partial charge in [0.1, 0.15) is 0 Å². The van der Waals surface area contributed by atoms with Crippen LogP contribution in [0.3, 0.4) is 0 Å². The van der Waals surface area contributed by atoms with E-state index in [1.807, 2.05) is 56.3 Å². The molecule has 1 aromatic carbocycles. The highest BCUT2D eigenvalue weighted by molar-refractivity contribution is 8.18. The van der Waals surface area contributed by atoms with Gasteiger partial charge in [0.2, 0.25) is 0 Å². The number of nitrogens with zero attached hydrogens (tertiary/aromatic N) is 3. The normalized spacial score (nSPS) is 18.4. The number of amidine groups is 1. The lowest BCUT2D eigenvalue weighted by atomic mass is 10.1. The second kappa shape index (κ2) is 7.20. The molecular weight excluding hydrogens is 342 g/mol. The van der Waals surface area contributed by atoms with E-state index in [0.29, 0.717) is 27.5 Å². The summed E-state index contributed by atoms with van der Waals surface area (Å²) >= 11 is 7.33. The van der Waals surface area contributed by atoms with E-state index in [1.54, 1.807) is 11.1 Å². The maximum absolute atomic E-state index is 12.7. The molecule has 0 aliphatic carbocycles. The van der Waals surface area contributed by atoms with Crippen molar-refractivity contribution in [3.05, 3.63) is 64.2 Å². The Kier molecular flexibility index (Phi) is 5.02. The lowest BCUT2D eigenvalue weighted by Crippen LogP contribution is -2.28. The molecule has 2 heterocycles. The average Bonchev–Trinajstić information content (AvgIpc) is 2.91. The number of benzene rings is 1. The maximum Gasteiger partial charge on any atom is 0.267 e. The van der Waals surface area contributed by atoms with E-state index in [9.17, 15) is 4.79 Å². The summed E-state index contributed by atoms with van der Waals surface area (Å²) in [6, 6.07) is 13.0. The van der Waals surface area contributed by atoms with Gasteiger partial charge in [-0.25, -0.2) is 9.98 Å². The number of amides is 1. The second-order valence-corrected chi connectivity index (χ2v) is 6.61. The molecule has 122 valence electrons. The highest BCUT2D eigenvalue weighted by Gasteiger charge is 2.34. The Labute approximate surface area is 150 Å². The van der Waals surface area contributed by atoms with Gasteiger partial charge in [0.05, 0.1) is 4.91 Å². The summed E-state index contributed by atoms with van der Waals surface area (Å²) in [6.45, 7) is 4.45. The van der Waals surface area contributed by atoms with Crippen LogP contribution in [0, 0.1) is 0 Å². The van der Waals surface area contributed by atoms with Crippen LogP contribution in [0.1, 0.15) is 19.4 Å². The number of carbonyl (C=O) groups excluding carboxylic acids is 1. The van der Waals surface area contributed by atoms with Crippen molar-refractivity contribution in [1.29, 1.82) is 0 Å². The van der Waals surface area contributed by atoms with Crippen LogP contribution >= 0.6 is 23.4 Å². The largest absolute Gasteiger partial charge is 0.287 e. The Bertz CT molecular complexity index is 816. The van der Waals surface area contributed by atoms with E-state index in [0.717, 1.165) is 11.1 Å². The van der Waals surface area contributed by atoms with Gasteiger partial charge in [0, 0.05) is 17.8 Å². The third-order valence-corrected chi connectivity index (χ3v) is 5.09. The van der Waals surface area contributed by atoms with Gasteiger partial charge in [0.15, 0.2) is 11.0 Å². The third-order valence-electron chi connectivity index (χ3n) is 3.66. The monoisotopic (exact) mass is 357 g/mol. The molecule has 0 spiro atoms. The van der Waals surface area contributed by atoms with Crippen LogP contribution in [-0.4, -0.2) is 27.5 Å². The molecule has 0 radical (unpaired) electrons. The Morgan fingerprint density at radius 2 is 2.00 bits per heavy atom. The van der Waals surface area contributed by atoms with Crippen molar-refractivity contribution >= 4 is 45.8 Å². The van der Waals surface area contributed by atoms with Crippen LogP contribution in [0.15, 0.2) is 58.6 Å². The van der Waals surface area contributed by atoms with Gasteiger partial charge in [-0.1, -0.05) is 29.8 Å². The number of aliphatic imine (C=N–C) groups is 1. The molecule has 1 amide bonds. The quantitative estimate of drug-likeness (QED) is 0.745. The Hall–Kier alpha value is -2.11. The molecule has 6 heteroatoms. The van der Waals surface area contributed by atoms with Crippen molar-refractivity contribution < 1.29 is 4.79 Å². The van der Waals surface area contributed by atoms with Crippen LogP contribution < -0.4 is 0 Å². The van der Waals surface area contributed by atoms with E-state index in [4.69, 9.17) is 11.6 Å². The predicted molar refractivity (Wildman–Crippen MR) is 100 cm³/mol. The summed E-state index contributed by atoms with van der Waals surface area (Å²) in [5, 5.41) is 1.33. The van der Waals surface area contributed by atoms with Gasteiger partial charge in [-0.3, -0.25) is 9.69 Å². The highest BCUT2D eigenvalue weighted by atomic mass is 35.5. The lowest BCUT2D eigenvalue weighted by molar-refractivity contribution is -0.122. The zero-order valence-corrected chi connectivity index (χ0v) is 14.9. The molecule has 24 heavy (non-hydrogen) atoms.